The molecule has 3 rings (SSSR count). The van der Waals surface area contributed by atoms with E-state index in [1.54, 1.807) is 11.0 Å². The number of rotatable bonds is 5. The number of hydrogen-bond acceptors (Lipinski definition) is 4. The van der Waals surface area contributed by atoms with Crippen molar-refractivity contribution in [1.29, 1.82) is 0 Å². The zero-order chi connectivity index (χ0) is 19.1. The van der Waals surface area contributed by atoms with Gasteiger partial charge in [-0.25, -0.2) is 9.37 Å². The first kappa shape index (κ1) is 18.2. The van der Waals surface area contributed by atoms with Crippen LogP contribution in [0, 0.1) is 12.7 Å². The average Bonchev–Trinajstić information content (AvgIpc) is 2.55. The van der Waals surface area contributed by atoms with E-state index < -0.39 is 0 Å². The molecule has 1 N–H and O–H groups in total. The average molecular weight is 356 g/mol. The van der Waals surface area contributed by atoms with Gasteiger partial charge in [0.05, 0.1) is 17.6 Å². The summed E-state index contributed by atoms with van der Waals surface area (Å²) < 4.78 is 13.5. The minimum Gasteiger partial charge on any atom is -0.366 e. The minimum atomic E-state index is -0.247. The Hall–Kier alpha value is -2.63. The van der Waals surface area contributed by atoms with E-state index in [4.69, 9.17) is 0 Å². The van der Waals surface area contributed by atoms with E-state index in [1.807, 2.05) is 51.9 Å². The topological polar surface area (TPSA) is 48.5 Å². The van der Waals surface area contributed by atoms with E-state index in [1.165, 1.54) is 12.1 Å². The molecule has 1 aromatic carbocycles. The lowest BCUT2D eigenvalue weighted by Crippen LogP contribution is -2.60. The van der Waals surface area contributed by atoms with E-state index in [-0.39, 0.29) is 17.3 Å². The number of nitrogens with zero attached hydrogens (tertiary/aromatic N) is 3. The number of hydrogen-bond donors (Lipinski definition) is 1. The number of anilines is 3. The Morgan fingerprint density at radius 1 is 1.27 bits per heavy atom. The fourth-order valence-corrected chi connectivity index (χ4v) is 3.29. The third-order valence-corrected chi connectivity index (χ3v) is 4.73. The fourth-order valence-electron chi connectivity index (χ4n) is 3.29. The maximum atomic E-state index is 13.5. The van der Waals surface area contributed by atoms with Crippen molar-refractivity contribution in [3.05, 3.63) is 47.3 Å². The van der Waals surface area contributed by atoms with E-state index in [9.17, 15) is 9.18 Å². The number of carbonyl (C=O) groups excluding carboxylic acids is 1. The van der Waals surface area contributed by atoms with Crippen LogP contribution in [0.15, 0.2) is 30.3 Å². The van der Waals surface area contributed by atoms with Gasteiger partial charge in [-0.05, 0) is 56.2 Å². The van der Waals surface area contributed by atoms with Gasteiger partial charge in [-0.3, -0.25) is 4.79 Å². The molecule has 0 saturated carbocycles. The molecule has 0 bridgehead atoms. The molecule has 1 aliphatic rings. The number of nitrogens with one attached hydrogen (secondary N) is 1. The zero-order valence-corrected chi connectivity index (χ0v) is 15.9. The Morgan fingerprint density at radius 3 is 2.62 bits per heavy atom. The molecular formula is C20H25FN4O. The van der Waals surface area contributed by atoms with Gasteiger partial charge in [-0.15, -0.1) is 0 Å². The van der Waals surface area contributed by atoms with Gasteiger partial charge in [-0.2, -0.15) is 0 Å². The van der Waals surface area contributed by atoms with Crippen molar-refractivity contribution in [2.75, 3.05) is 29.2 Å². The Kier molecular flexibility index (Phi) is 4.61. The van der Waals surface area contributed by atoms with Gasteiger partial charge >= 0.3 is 0 Å². The van der Waals surface area contributed by atoms with Crippen LogP contribution in [0.5, 0.6) is 0 Å². The van der Waals surface area contributed by atoms with Gasteiger partial charge in [0.25, 0.3) is 0 Å². The first-order valence-electron chi connectivity index (χ1n) is 8.69. The fraction of sp³-hybridized carbons (Fsp3) is 0.400. The molecular weight excluding hydrogens is 331 g/mol. The normalized spacial score (nSPS) is 15.6. The Labute approximate surface area is 153 Å². The van der Waals surface area contributed by atoms with Crippen LogP contribution in [0.2, 0.25) is 0 Å². The molecule has 1 aliphatic heterocycles. The van der Waals surface area contributed by atoms with Gasteiger partial charge in [0.1, 0.15) is 11.6 Å². The van der Waals surface area contributed by atoms with Crippen LogP contribution < -0.4 is 15.1 Å². The lowest BCUT2D eigenvalue weighted by Gasteiger charge is -2.48. The molecule has 5 nitrogen and oxygen atoms in total. The summed E-state index contributed by atoms with van der Waals surface area (Å²) in [6.07, 6.45) is 0.540. The predicted octanol–water partition coefficient (Wildman–Crippen LogP) is 3.72. The number of pyridine rings is 1. The smallest absolute Gasteiger partial charge is 0.229 e. The highest BCUT2D eigenvalue weighted by Gasteiger charge is 2.45. The van der Waals surface area contributed by atoms with Crippen molar-refractivity contribution in [1.82, 2.24) is 4.98 Å². The highest BCUT2D eigenvalue weighted by molar-refractivity contribution is 6.04. The van der Waals surface area contributed by atoms with Crippen molar-refractivity contribution >= 4 is 23.2 Å². The van der Waals surface area contributed by atoms with Crippen molar-refractivity contribution < 1.29 is 9.18 Å². The molecule has 0 spiro atoms. The zero-order valence-electron chi connectivity index (χ0n) is 15.9. The van der Waals surface area contributed by atoms with E-state index in [0.29, 0.717) is 18.8 Å². The Morgan fingerprint density at radius 2 is 2.00 bits per heavy atom. The summed E-state index contributed by atoms with van der Waals surface area (Å²) in [6, 6.07) is 8.54. The van der Waals surface area contributed by atoms with Crippen LogP contribution >= 0.6 is 0 Å². The predicted molar refractivity (Wildman–Crippen MR) is 103 cm³/mol. The minimum absolute atomic E-state index is 0.107. The molecule has 2 heterocycles. The maximum Gasteiger partial charge on any atom is 0.229 e. The quantitative estimate of drug-likeness (QED) is 0.830. The molecule has 1 saturated heterocycles. The molecule has 138 valence electrons. The summed E-state index contributed by atoms with van der Waals surface area (Å²) in [5.74, 6) is 1.28. The molecule has 0 aliphatic carbocycles. The first-order valence-corrected chi connectivity index (χ1v) is 8.69. The van der Waals surface area contributed by atoms with E-state index in [0.717, 1.165) is 22.6 Å². The summed E-state index contributed by atoms with van der Waals surface area (Å²) >= 11 is 0. The van der Waals surface area contributed by atoms with Gasteiger partial charge in [0, 0.05) is 20.6 Å². The van der Waals surface area contributed by atoms with Crippen molar-refractivity contribution in [2.24, 2.45) is 0 Å². The van der Waals surface area contributed by atoms with Gasteiger partial charge < -0.3 is 15.1 Å². The molecule has 0 atom stereocenters. The van der Waals surface area contributed by atoms with Crippen LogP contribution in [0.4, 0.5) is 21.7 Å². The number of β-lactam (4-membered cyclic amide) rings is 1. The molecule has 6 heteroatoms. The lowest BCUT2D eigenvalue weighted by atomic mass is 9.87. The monoisotopic (exact) mass is 356 g/mol. The summed E-state index contributed by atoms with van der Waals surface area (Å²) in [7, 11) is 3.81. The molecule has 0 unspecified atom stereocenters. The number of aryl methyl sites for hydroxylation is 1. The van der Waals surface area contributed by atoms with Crippen LogP contribution in [0.1, 0.15) is 31.4 Å². The number of carbonyl (C=O) groups is 1. The van der Waals surface area contributed by atoms with Crippen molar-refractivity contribution in [3.8, 4) is 0 Å². The summed E-state index contributed by atoms with van der Waals surface area (Å²) in [5, 5.41) is 3.25. The van der Waals surface area contributed by atoms with E-state index >= 15 is 0 Å². The third kappa shape index (κ3) is 3.36. The van der Waals surface area contributed by atoms with E-state index in [2.05, 4.69) is 10.3 Å². The lowest BCUT2D eigenvalue weighted by molar-refractivity contribution is -0.126. The van der Waals surface area contributed by atoms with Crippen LogP contribution in [-0.2, 0) is 11.3 Å². The Bertz CT molecular complexity index is 848. The van der Waals surface area contributed by atoms with Crippen molar-refractivity contribution in [3.63, 3.8) is 0 Å². The highest BCUT2D eigenvalue weighted by Crippen LogP contribution is 2.40. The van der Waals surface area contributed by atoms with Crippen LogP contribution in [0.25, 0.3) is 0 Å². The summed E-state index contributed by atoms with van der Waals surface area (Å²) in [6.45, 7) is 6.53. The van der Waals surface area contributed by atoms with Crippen molar-refractivity contribution in [2.45, 2.75) is 39.3 Å². The molecule has 1 aromatic heterocycles. The second-order valence-electron chi connectivity index (χ2n) is 7.58. The van der Waals surface area contributed by atoms with Gasteiger partial charge in [0.2, 0.25) is 5.91 Å². The van der Waals surface area contributed by atoms with Gasteiger partial charge in [-0.1, -0.05) is 6.07 Å². The maximum absolute atomic E-state index is 13.5. The molecule has 1 amide bonds. The molecule has 0 radical (unpaired) electrons. The molecule has 1 fully saturated rings. The highest BCUT2D eigenvalue weighted by atomic mass is 19.1. The Balaban J connectivity index is 1.85. The standard InChI is InChI=1S/C20H25FN4O/c1-13-6-7-15(21)10-14(13)12-22-17-9-8-16(19(23-17)24(4)5)25-18(26)11-20(25,2)3/h6-10H,11-12H2,1-5H3,(H,22,23). The second-order valence-corrected chi connectivity index (χ2v) is 7.58. The number of benzene rings is 1. The number of halogens is 1. The number of aromatic nitrogens is 1. The molecule has 26 heavy (non-hydrogen) atoms. The largest absolute Gasteiger partial charge is 0.366 e. The van der Waals surface area contributed by atoms with Gasteiger partial charge in [0.15, 0.2) is 5.82 Å². The number of amides is 1. The third-order valence-electron chi connectivity index (χ3n) is 4.73. The summed E-state index contributed by atoms with van der Waals surface area (Å²) in [4.78, 5) is 20.5. The second kappa shape index (κ2) is 6.59. The van der Waals surface area contributed by atoms with Crippen LogP contribution in [-0.4, -0.2) is 30.5 Å². The first-order chi connectivity index (χ1) is 12.2. The summed E-state index contributed by atoms with van der Waals surface area (Å²) in [5.41, 5.74) is 2.53. The molecule has 2 aromatic rings. The SMILES string of the molecule is Cc1ccc(F)cc1CNc1ccc(N2C(=O)CC2(C)C)c(N(C)C)n1. The van der Waals surface area contributed by atoms with Crippen LogP contribution in [0.3, 0.4) is 0 Å².